The van der Waals surface area contributed by atoms with Crippen LogP contribution < -0.4 is 10.1 Å². The molecule has 0 heterocycles. The Hall–Kier alpha value is -1.80. The zero-order chi connectivity index (χ0) is 17.6. The minimum atomic E-state index is -4.36. The number of amides is 1. The maximum Gasteiger partial charge on any atom is 0.411 e. The molecule has 130 valence electrons. The van der Waals surface area contributed by atoms with Crippen LogP contribution in [0.3, 0.4) is 0 Å². The molecule has 0 saturated carbocycles. The molecule has 0 spiro atoms. The molecule has 2 rings (SSSR count). The highest BCUT2D eigenvalue weighted by Gasteiger charge is 2.27. The van der Waals surface area contributed by atoms with Gasteiger partial charge in [-0.05, 0) is 35.0 Å². The van der Waals surface area contributed by atoms with Crippen LogP contribution in [-0.2, 0) is 9.53 Å². The van der Waals surface area contributed by atoms with Crippen molar-refractivity contribution in [3.05, 3.63) is 40.9 Å². The van der Waals surface area contributed by atoms with Crippen LogP contribution in [0.25, 0.3) is 10.8 Å². The number of nitrogens with one attached hydrogen (secondary N) is 1. The van der Waals surface area contributed by atoms with E-state index in [1.165, 1.54) is 0 Å². The zero-order valence-corrected chi connectivity index (χ0v) is 14.1. The molecular weight excluding hydrogens is 391 g/mol. The highest BCUT2D eigenvalue weighted by Crippen LogP contribution is 2.24. The van der Waals surface area contributed by atoms with E-state index in [0.717, 1.165) is 15.2 Å². The average Bonchev–Trinajstić information content (AvgIpc) is 2.51. The molecule has 2 aromatic carbocycles. The van der Waals surface area contributed by atoms with Crippen molar-refractivity contribution in [1.82, 2.24) is 5.32 Å². The van der Waals surface area contributed by atoms with Gasteiger partial charge in [-0.15, -0.1) is 0 Å². The Morgan fingerprint density at radius 2 is 1.83 bits per heavy atom. The van der Waals surface area contributed by atoms with Crippen LogP contribution in [0, 0.1) is 0 Å². The molecule has 0 aliphatic heterocycles. The van der Waals surface area contributed by atoms with Crippen LogP contribution in [0.2, 0.25) is 0 Å². The fourth-order valence-electron chi connectivity index (χ4n) is 1.93. The first-order valence-corrected chi connectivity index (χ1v) is 7.86. The van der Waals surface area contributed by atoms with Crippen molar-refractivity contribution >= 4 is 32.6 Å². The van der Waals surface area contributed by atoms with E-state index < -0.39 is 18.7 Å². The van der Waals surface area contributed by atoms with E-state index in [1.54, 1.807) is 6.07 Å². The van der Waals surface area contributed by atoms with Crippen LogP contribution in [0.5, 0.6) is 5.75 Å². The fourth-order valence-corrected chi connectivity index (χ4v) is 2.31. The molecule has 4 nitrogen and oxygen atoms in total. The normalized spacial score (nSPS) is 11.5. The van der Waals surface area contributed by atoms with Crippen LogP contribution >= 0.6 is 15.9 Å². The molecule has 0 unspecified atom stereocenters. The number of halogens is 4. The minimum Gasteiger partial charge on any atom is -0.484 e. The van der Waals surface area contributed by atoms with Crippen LogP contribution in [0.15, 0.2) is 40.9 Å². The van der Waals surface area contributed by atoms with Crippen molar-refractivity contribution in [3.8, 4) is 5.75 Å². The smallest absolute Gasteiger partial charge is 0.411 e. The second-order valence-corrected chi connectivity index (χ2v) is 5.88. The molecule has 1 N–H and O–H groups in total. The van der Waals surface area contributed by atoms with Gasteiger partial charge >= 0.3 is 6.18 Å². The number of hydrogen-bond acceptors (Lipinski definition) is 3. The maximum atomic E-state index is 11.8. The van der Waals surface area contributed by atoms with Crippen molar-refractivity contribution in [2.75, 3.05) is 26.4 Å². The minimum absolute atomic E-state index is 0.00990. The standard InChI is InChI=1S/C16H15BrF3NO3/c17-13-3-1-12-8-14(4-2-11(12)7-13)24-9-15(22)21-5-6-23-10-16(18,19)20/h1-4,7-8H,5-6,9-10H2,(H,21,22). The number of benzene rings is 2. The summed E-state index contributed by atoms with van der Waals surface area (Å²) in [6.45, 7) is -1.77. The first-order valence-electron chi connectivity index (χ1n) is 7.07. The number of fused-ring (bicyclic) bond motifs is 1. The van der Waals surface area contributed by atoms with Crippen molar-refractivity contribution in [1.29, 1.82) is 0 Å². The molecule has 0 aromatic heterocycles. The summed E-state index contributed by atoms with van der Waals surface area (Å²) in [4.78, 5) is 11.6. The lowest BCUT2D eigenvalue weighted by Crippen LogP contribution is -2.32. The number of ether oxygens (including phenoxy) is 2. The molecule has 0 aliphatic carbocycles. The van der Waals surface area contributed by atoms with Gasteiger partial charge in [-0.3, -0.25) is 4.79 Å². The maximum absolute atomic E-state index is 11.8. The Kier molecular flexibility index (Phi) is 6.44. The van der Waals surface area contributed by atoms with Crippen LogP contribution in [0.1, 0.15) is 0 Å². The summed E-state index contributed by atoms with van der Waals surface area (Å²) in [7, 11) is 0. The first-order chi connectivity index (χ1) is 11.3. The van der Waals surface area contributed by atoms with E-state index in [-0.39, 0.29) is 19.8 Å². The molecule has 0 aliphatic rings. The van der Waals surface area contributed by atoms with E-state index >= 15 is 0 Å². The Morgan fingerprint density at radius 1 is 1.12 bits per heavy atom. The summed E-state index contributed by atoms with van der Waals surface area (Å²) >= 11 is 3.39. The monoisotopic (exact) mass is 405 g/mol. The number of carbonyl (C=O) groups is 1. The summed E-state index contributed by atoms with van der Waals surface area (Å²) in [5.41, 5.74) is 0. The Balaban J connectivity index is 1.73. The van der Waals surface area contributed by atoms with E-state index in [4.69, 9.17) is 4.74 Å². The lowest BCUT2D eigenvalue weighted by atomic mass is 10.1. The largest absolute Gasteiger partial charge is 0.484 e. The summed E-state index contributed by atoms with van der Waals surface area (Å²) in [5.74, 6) is 0.106. The van der Waals surface area contributed by atoms with Crippen molar-refractivity contribution in [2.24, 2.45) is 0 Å². The van der Waals surface area contributed by atoms with Gasteiger partial charge in [0.15, 0.2) is 6.61 Å². The van der Waals surface area contributed by atoms with Gasteiger partial charge in [0.25, 0.3) is 5.91 Å². The van der Waals surface area contributed by atoms with E-state index in [1.807, 2.05) is 30.3 Å². The third kappa shape index (κ3) is 6.37. The molecule has 0 bridgehead atoms. The van der Waals surface area contributed by atoms with Gasteiger partial charge in [0.2, 0.25) is 0 Å². The van der Waals surface area contributed by atoms with Gasteiger partial charge in [0.1, 0.15) is 12.4 Å². The van der Waals surface area contributed by atoms with Gasteiger partial charge in [0, 0.05) is 11.0 Å². The molecule has 0 atom stereocenters. The van der Waals surface area contributed by atoms with Crippen molar-refractivity contribution in [3.63, 3.8) is 0 Å². The SMILES string of the molecule is O=C(COc1ccc2cc(Br)ccc2c1)NCCOCC(F)(F)F. The van der Waals surface area contributed by atoms with Gasteiger partial charge in [0.05, 0.1) is 6.61 Å². The lowest BCUT2D eigenvalue weighted by molar-refractivity contribution is -0.173. The van der Waals surface area contributed by atoms with Crippen LogP contribution in [-0.4, -0.2) is 38.4 Å². The summed E-state index contributed by atoms with van der Waals surface area (Å²) in [5, 5.41) is 4.42. The van der Waals surface area contributed by atoms with Gasteiger partial charge < -0.3 is 14.8 Å². The molecule has 1 amide bonds. The summed E-state index contributed by atoms with van der Waals surface area (Å²) in [6, 6.07) is 11.2. The number of rotatable bonds is 7. The highest BCUT2D eigenvalue weighted by atomic mass is 79.9. The quantitative estimate of drug-likeness (QED) is 0.714. The Morgan fingerprint density at radius 3 is 2.58 bits per heavy atom. The third-order valence-corrected chi connectivity index (χ3v) is 3.47. The molecule has 8 heteroatoms. The van der Waals surface area contributed by atoms with Gasteiger partial charge in [-0.1, -0.05) is 28.1 Å². The van der Waals surface area contributed by atoms with E-state index in [0.29, 0.717) is 5.75 Å². The average molecular weight is 406 g/mol. The predicted octanol–water partition coefficient (Wildman–Crippen LogP) is 3.68. The topological polar surface area (TPSA) is 47.6 Å². The number of alkyl halides is 3. The second kappa shape index (κ2) is 8.34. The van der Waals surface area contributed by atoms with Crippen molar-refractivity contribution < 1.29 is 27.4 Å². The predicted molar refractivity (Wildman–Crippen MR) is 87.0 cm³/mol. The molecule has 0 saturated heterocycles. The third-order valence-electron chi connectivity index (χ3n) is 2.98. The summed E-state index contributed by atoms with van der Waals surface area (Å²) in [6.07, 6.45) is -4.36. The highest BCUT2D eigenvalue weighted by molar-refractivity contribution is 9.10. The zero-order valence-electron chi connectivity index (χ0n) is 12.5. The van der Waals surface area contributed by atoms with E-state index in [9.17, 15) is 18.0 Å². The molecule has 0 fully saturated rings. The number of hydrogen-bond donors (Lipinski definition) is 1. The molecule has 0 radical (unpaired) electrons. The van der Waals surface area contributed by atoms with Gasteiger partial charge in [-0.25, -0.2) is 0 Å². The molecular formula is C16H15BrF3NO3. The molecule has 2 aromatic rings. The first kappa shape index (κ1) is 18.5. The van der Waals surface area contributed by atoms with E-state index in [2.05, 4.69) is 26.0 Å². The second-order valence-electron chi connectivity index (χ2n) is 4.96. The Labute approximate surface area is 145 Å². The number of carbonyl (C=O) groups excluding carboxylic acids is 1. The van der Waals surface area contributed by atoms with Crippen LogP contribution in [0.4, 0.5) is 13.2 Å². The van der Waals surface area contributed by atoms with Crippen molar-refractivity contribution in [2.45, 2.75) is 6.18 Å². The fraction of sp³-hybridized carbons (Fsp3) is 0.312. The van der Waals surface area contributed by atoms with Gasteiger partial charge in [-0.2, -0.15) is 13.2 Å². The Bertz CT molecular complexity index is 707. The summed E-state index contributed by atoms with van der Waals surface area (Å²) < 4.78 is 46.3. The molecule has 24 heavy (non-hydrogen) atoms. The lowest BCUT2D eigenvalue weighted by Gasteiger charge is -2.10.